The summed E-state index contributed by atoms with van der Waals surface area (Å²) < 4.78 is 0. The Morgan fingerprint density at radius 2 is 1.83 bits per heavy atom. The molecular weight excluding hydrogens is 340 g/mol. The van der Waals surface area contributed by atoms with Crippen LogP contribution in [0.2, 0.25) is 5.02 Å². The van der Waals surface area contributed by atoms with E-state index in [-0.39, 0.29) is 5.91 Å². The third kappa shape index (κ3) is 3.89. The number of nitrogens with zero attached hydrogens (tertiary/aromatic N) is 2. The maximum absolute atomic E-state index is 12.7. The Hall–Kier alpha value is -2.04. The van der Waals surface area contributed by atoms with Crippen LogP contribution in [0.1, 0.15) is 18.9 Å². The Bertz CT molecular complexity index is 785. The van der Waals surface area contributed by atoms with E-state index in [9.17, 15) is 4.79 Å². The van der Waals surface area contributed by atoms with E-state index < -0.39 is 0 Å². The highest BCUT2D eigenvalue weighted by atomic mass is 35.5. The van der Waals surface area contributed by atoms with Crippen LogP contribution in [-0.2, 0) is 4.79 Å². The molecule has 0 radical (unpaired) electrons. The predicted molar refractivity (Wildman–Crippen MR) is 103 cm³/mol. The standard InChI is InChI=1S/C19H17ClN2OS/c1-2-12-22-18(23)17(13-14-8-10-15(20)11-9-14)24-19(22)21-16-6-4-3-5-7-16/h3-11,13H,2,12H2,1H3/b17-13-,21-19?. The van der Waals surface area contributed by atoms with Gasteiger partial charge in [-0.2, -0.15) is 0 Å². The number of para-hydroxylation sites is 1. The molecule has 0 spiro atoms. The van der Waals surface area contributed by atoms with Gasteiger partial charge in [0, 0.05) is 11.6 Å². The van der Waals surface area contributed by atoms with E-state index in [0.29, 0.717) is 16.5 Å². The lowest BCUT2D eigenvalue weighted by Gasteiger charge is -2.13. The second-order valence-corrected chi connectivity index (χ2v) is 6.79. The number of hydrogen-bond acceptors (Lipinski definition) is 3. The van der Waals surface area contributed by atoms with Gasteiger partial charge in [-0.1, -0.05) is 48.9 Å². The maximum atomic E-state index is 12.7. The molecule has 2 aromatic rings. The second kappa shape index (κ2) is 7.69. The minimum atomic E-state index is 0.00600. The quantitative estimate of drug-likeness (QED) is 0.691. The number of halogens is 1. The normalized spacial score (nSPS) is 17.9. The van der Waals surface area contributed by atoms with Crippen molar-refractivity contribution in [2.45, 2.75) is 13.3 Å². The molecule has 0 saturated carbocycles. The number of carbonyl (C=O) groups is 1. The van der Waals surface area contributed by atoms with Crippen molar-refractivity contribution in [3.05, 3.63) is 70.1 Å². The first-order valence-electron chi connectivity index (χ1n) is 7.78. The molecule has 1 aliphatic rings. The molecule has 0 atom stereocenters. The van der Waals surface area contributed by atoms with E-state index in [0.717, 1.165) is 22.8 Å². The van der Waals surface area contributed by atoms with Crippen molar-refractivity contribution in [3.8, 4) is 0 Å². The number of thioether (sulfide) groups is 1. The van der Waals surface area contributed by atoms with Crippen LogP contribution in [0.15, 0.2) is 64.5 Å². The fraction of sp³-hybridized carbons (Fsp3) is 0.158. The number of benzene rings is 2. The first-order chi connectivity index (χ1) is 11.7. The van der Waals surface area contributed by atoms with Gasteiger partial charge in [-0.15, -0.1) is 0 Å². The van der Waals surface area contributed by atoms with Gasteiger partial charge < -0.3 is 0 Å². The summed E-state index contributed by atoms with van der Waals surface area (Å²) in [7, 11) is 0. The van der Waals surface area contributed by atoms with Crippen LogP contribution in [0.4, 0.5) is 5.69 Å². The molecular formula is C19H17ClN2OS. The van der Waals surface area contributed by atoms with Gasteiger partial charge in [0.25, 0.3) is 5.91 Å². The van der Waals surface area contributed by atoms with E-state index in [1.54, 1.807) is 4.90 Å². The van der Waals surface area contributed by atoms with Gasteiger partial charge in [0.2, 0.25) is 0 Å². The molecule has 1 aliphatic heterocycles. The monoisotopic (exact) mass is 356 g/mol. The summed E-state index contributed by atoms with van der Waals surface area (Å²) >= 11 is 7.33. The highest BCUT2D eigenvalue weighted by Gasteiger charge is 2.32. The lowest BCUT2D eigenvalue weighted by molar-refractivity contribution is -0.122. The smallest absolute Gasteiger partial charge is 0.266 e. The fourth-order valence-electron chi connectivity index (χ4n) is 2.34. The molecule has 0 N–H and O–H groups in total. The van der Waals surface area contributed by atoms with Crippen molar-refractivity contribution in [1.82, 2.24) is 4.90 Å². The third-order valence-electron chi connectivity index (χ3n) is 3.48. The number of hydrogen-bond donors (Lipinski definition) is 0. The Labute approximate surface area is 151 Å². The minimum absolute atomic E-state index is 0.00600. The molecule has 5 heteroatoms. The van der Waals surface area contributed by atoms with Gasteiger partial charge >= 0.3 is 0 Å². The molecule has 0 aromatic heterocycles. The Morgan fingerprint density at radius 3 is 2.50 bits per heavy atom. The van der Waals surface area contributed by atoms with Gasteiger partial charge in [0.1, 0.15) is 0 Å². The lowest BCUT2D eigenvalue weighted by atomic mass is 10.2. The van der Waals surface area contributed by atoms with Crippen molar-refractivity contribution in [3.63, 3.8) is 0 Å². The summed E-state index contributed by atoms with van der Waals surface area (Å²) in [5.74, 6) is 0.00600. The Morgan fingerprint density at radius 1 is 1.12 bits per heavy atom. The molecule has 0 bridgehead atoms. The average molecular weight is 357 g/mol. The van der Waals surface area contributed by atoms with E-state index in [4.69, 9.17) is 11.6 Å². The highest BCUT2D eigenvalue weighted by molar-refractivity contribution is 8.18. The predicted octanol–water partition coefficient (Wildman–Crippen LogP) is 5.35. The van der Waals surface area contributed by atoms with Crippen LogP contribution in [0.3, 0.4) is 0 Å². The van der Waals surface area contributed by atoms with Crippen LogP contribution in [0.5, 0.6) is 0 Å². The fourth-order valence-corrected chi connectivity index (χ4v) is 3.49. The summed E-state index contributed by atoms with van der Waals surface area (Å²) in [6.45, 7) is 2.72. The van der Waals surface area contributed by atoms with Gasteiger partial charge in [0.15, 0.2) is 5.17 Å². The number of rotatable bonds is 4. The molecule has 1 saturated heterocycles. The molecule has 3 nitrogen and oxygen atoms in total. The van der Waals surface area contributed by atoms with Crippen LogP contribution >= 0.6 is 23.4 Å². The first kappa shape index (κ1) is 16.8. The second-order valence-electron chi connectivity index (χ2n) is 5.35. The summed E-state index contributed by atoms with van der Waals surface area (Å²) in [4.78, 5) is 19.8. The minimum Gasteiger partial charge on any atom is -0.286 e. The van der Waals surface area contributed by atoms with Crippen molar-refractivity contribution in [1.29, 1.82) is 0 Å². The van der Waals surface area contributed by atoms with Gasteiger partial charge in [-0.25, -0.2) is 4.99 Å². The van der Waals surface area contributed by atoms with Crippen molar-refractivity contribution >= 4 is 46.2 Å². The molecule has 1 amide bonds. The van der Waals surface area contributed by atoms with Gasteiger partial charge in [-0.05, 0) is 54.1 Å². The third-order valence-corrected chi connectivity index (χ3v) is 4.74. The van der Waals surface area contributed by atoms with Crippen LogP contribution < -0.4 is 0 Å². The number of carbonyl (C=O) groups excluding carboxylic acids is 1. The van der Waals surface area contributed by atoms with Crippen molar-refractivity contribution in [2.75, 3.05) is 6.54 Å². The number of amides is 1. The SMILES string of the molecule is CCCN1C(=O)/C(=C/c2ccc(Cl)cc2)SC1=Nc1ccccc1. The number of aliphatic imine (C=N–C) groups is 1. The zero-order chi connectivity index (χ0) is 16.9. The lowest BCUT2D eigenvalue weighted by Crippen LogP contribution is -2.29. The average Bonchev–Trinajstić information content (AvgIpc) is 2.87. The summed E-state index contributed by atoms with van der Waals surface area (Å²) in [5, 5.41) is 1.41. The molecule has 1 fully saturated rings. The molecule has 1 heterocycles. The van der Waals surface area contributed by atoms with Crippen molar-refractivity contribution in [2.24, 2.45) is 4.99 Å². The Kier molecular flexibility index (Phi) is 5.38. The van der Waals surface area contributed by atoms with E-state index in [1.165, 1.54) is 11.8 Å². The first-order valence-corrected chi connectivity index (χ1v) is 8.97. The maximum Gasteiger partial charge on any atom is 0.266 e. The summed E-state index contributed by atoms with van der Waals surface area (Å²) in [6.07, 6.45) is 2.77. The molecule has 3 rings (SSSR count). The largest absolute Gasteiger partial charge is 0.286 e. The molecule has 0 aliphatic carbocycles. The summed E-state index contributed by atoms with van der Waals surface area (Å²) in [6, 6.07) is 17.1. The number of amidine groups is 1. The van der Waals surface area contributed by atoms with Crippen LogP contribution in [0, 0.1) is 0 Å². The Balaban J connectivity index is 1.92. The van der Waals surface area contributed by atoms with Crippen LogP contribution in [0.25, 0.3) is 6.08 Å². The molecule has 122 valence electrons. The molecule has 24 heavy (non-hydrogen) atoms. The van der Waals surface area contributed by atoms with Crippen LogP contribution in [-0.4, -0.2) is 22.5 Å². The highest BCUT2D eigenvalue weighted by Crippen LogP contribution is 2.34. The van der Waals surface area contributed by atoms with Crippen molar-refractivity contribution < 1.29 is 4.79 Å². The summed E-state index contributed by atoms with van der Waals surface area (Å²) in [5.41, 5.74) is 1.80. The van der Waals surface area contributed by atoms with E-state index in [1.807, 2.05) is 60.7 Å². The molecule has 2 aromatic carbocycles. The topological polar surface area (TPSA) is 32.7 Å². The van der Waals surface area contributed by atoms with E-state index in [2.05, 4.69) is 11.9 Å². The zero-order valence-corrected chi connectivity index (χ0v) is 14.8. The van der Waals surface area contributed by atoms with E-state index >= 15 is 0 Å². The van der Waals surface area contributed by atoms with Gasteiger partial charge in [0.05, 0.1) is 10.6 Å². The molecule has 0 unspecified atom stereocenters. The zero-order valence-electron chi connectivity index (χ0n) is 13.3. The van der Waals surface area contributed by atoms with Gasteiger partial charge in [-0.3, -0.25) is 9.69 Å².